The van der Waals surface area contributed by atoms with Crippen molar-refractivity contribution in [3.8, 4) is 0 Å². The minimum atomic E-state index is -0.701. The predicted molar refractivity (Wildman–Crippen MR) is 33.3 cm³/mol. The first-order valence-corrected chi connectivity index (χ1v) is 2.90. The van der Waals surface area contributed by atoms with Crippen LogP contribution in [-0.2, 0) is 4.74 Å². The number of aromatic nitrogens is 1. The zero-order valence-corrected chi connectivity index (χ0v) is 5.65. The molecule has 0 amide bonds. The van der Waals surface area contributed by atoms with Gasteiger partial charge in [0.1, 0.15) is 6.10 Å². The highest BCUT2D eigenvalue weighted by atomic mass is 16.5. The van der Waals surface area contributed by atoms with E-state index in [0.29, 0.717) is 5.76 Å². The third kappa shape index (κ3) is 1.55. The summed E-state index contributed by atoms with van der Waals surface area (Å²) in [5.41, 5.74) is 0. The third-order valence-corrected chi connectivity index (χ3v) is 1.10. The van der Waals surface area contributed by atoms with E-state index >= 15 is 0 Å². The molecule has 0 saturated heterocycles. The van der Waals surface area contributed by atoms with Gasteiger partial charge in [-0.2, -0.15) is 0 Å². The SMILES string of the molecule is COCC(O)c1cnco1. The van der Waals surface area contributed by atoms with Crippen LogP contribution in [0.1, 0.15) is 11.9 Å². The number of aliphatic hydroxyl groups excluding tert-OH is 1. The molecule has 0 aliphatic rings. The lowest BCUT2D eigenvalue weighted by atomic mass is 10.3. The highest BCUT2D eigenvalue weighted by Gasteiger charge is 2.09. The van der Waals surface area contributed by atoms with Gasteiger partial charge in [-0.3, -0.25) is 0 Å². The molecular weight excluding hydrogens is 134 g/mol. The molecule has 0 spiro atoms. The van der Waals surface area contributed by atoms with Crippen molar-refractivity contribution >= 4 is 0 Å². The van der Waals surface area contributed by atoms with Crippen molar-refractivity contribution < 1.29 is 14.3 Å². The Kier molecular flexibility index (Phi) is 2.42. The zero-order valence-electron chi connectivity index (χ0n) is 5.65. The molecule has 4 heteroatoms. The summed E-state index contributed by atoms with van der Waals surface area (Å²) in [5, 5.41) is 9.15. The summed E-state index contributed by atoms with van der Waals surface area (Å²) >= 11 is 0. The van der Waals surface area contributed by atoms with E-state index in [4.69, 9.17) is 9.52 Å². The standard InChI is InChI=1S/C6H9NO3/c1-9-3-5(8)6-2-7-4-10-6/h2,4-5,8H,3H2,1H3. The van der Waals surface area contributed by atoms with Crippen LogP contribution in [0.3, 0.4) is 0 Å². The average Bonchev–Trinajstić information content (AvgIpc) is 2.38. The van der Waals surface area contributed by atoms with Gasteiger partial charge in [-0.15, -0.1) is 0 Å². The Morgan fingerprint density at radius 3 is 3.20 bits per heavy atom. The lowest BCUT2D eigenvalue weighted by Gasteiger charge is -2.03. The van der Waals surface area contributed by atoms with Gasteiger partial charge in [0.2, 0.25) is 0 Å². The van der Waals surface area contributed by atoms with Gasteiger partial charge in [-0.05, 0) is 0 Å². The summed E-state index contributed by atoms with van der Waals surface area (Å²) < 4.78 is 9.50. The number of ether oxygens (including phenoxy) is 1. The van der Waals surface area contributed by atoms with Gasteiger partial charge in [-0.25, -0.2) is 4.98 Å². The number of aliphatic hydroxyl groups is 1. The van der Waals surface area contributed by atoms with Crippen LogP contribution in [0.25, 0.3) is 0 Å². The summed E-state index contributed by atoms with van der Waals surface area (Å²) in [7, 11) is 1.51. The molecule has 1 atom stereocenters. The van der Waals surface area contributed by atoms with Gasteiger partial charge < -0.3 is 14.3 Å². The van der Waals surface area contributed by atoms with E-state index in [1.54, 1.807) is 0 Å². The smallest absolute Gasteiger partial charge is 0.180 e. The fourth-order valence-corrected chi connectivity index (χ4v) is 0.630. The van der Waals surface area contributed by atoms with Crippen LogP contribution in [0.4, 0.5) is 0 Å². The Morgan fingerprint density at radius 1 is 1.90 bits per heavy atom. The molecule has 1 unspecified atom stereocenters. The molecule has 1 aromatic rings. The zero-order chi connectivity index (χ0) is 7.40. The first kappa shape index (κ1) is 7.24. The lowest BCUT2D eigenvalue weighted by molar-refractivity contribution is 0.0503. The number of hydrogen-bond acceptors (Lipinski definition) is 4. The molecular formula is C6H9NO3. The maximum Gasteiger partial charge on any atom is 0.180 e. The Morgan fingerprint density at radius 2 is 2.70 bits per heavy atom. The molecule has 1 aromatic heterocycles. The average molecular weight is 143 g/mol. The normalized spacial score (nSPS) is 13.4. The van der Waals surface area contributed by atoms with Crippen molar-refractivity contribution in [1.29, 1.82) is 0 Å². The van der Waals surface area contributed by atoms with Crippen LogP contribution in [0.15, 0.2) is 17.0 Å². The molecule has 0 radical (unpaired) electrons. The van der Waals surface area contributed by atoms with Crippen molar-refractivity contribution in [2.24, 2.45) is 0 Å². The van der Waals surface area contributed by atoms with Gasteiger partial charge in [0.05, 0.1) is 12.8 Å². The maximum absolute atomic E-state index is 9.15. The second-order valence-corrected chi connectivity index (χ2v) is 1.87. The first-order valence-electron chi connectivity index (χ1n) is 2.90. The number of hydrogen-bond donors (Lipinski definition) is 1. The van der Waals surface area contributed by atoms with E-state index in [-0.39, 0.29) is 6.61 Å². The fourth-order valence-electron chi connectivity index (χ4n) is 0.630. The van der Waals surface area contributed by atoms with Crippen LogP contribution >= 0.6 is 0 Å². The third-order valence-electron chi connectivity index (χ3n) is 1.10. The Labute approximate surface area is 58.4 Å². The summed E-state index contributed by atoms with van der Waals surface area (Å²) in [5.74, 6) is 0.432. The van der Waals surface area contributed by atoms with E-state index < -0.39 is 6.10 Å². The van der Waals surface area contributed by atoms with Crippen LogP contribution in [0.2, 0.25) is 0 Å². The van der Waals surface area contributed by atoms with Gasteiger partial charge >= 0.3 is 0 Å². The number of oxazole rings is 1. The minimum Gasteiger partial charge on any atom is -0.446 e. The largest absolute Gasteiger partial charge is 0.446 e. The van der Waals surface area contributed by atoms with Crippen molar-refractivity contribution in [2.75, 3.05) is 13.7 Å². The second-order valence-electron chi connectivity index (χ2n) is 1.87. The molecule has 0 aliphatic carbocycles. The topological polar surface area (TPSA) is 55.5 Å². The lowest BCUT2D eigenvalue weighted by Crippen LogP contribution is -2.03. The molecule has 0 saturated carbocycles. The molecule has 10 heavy (non-hydrogen) atoms. The molecule has 56 valence electrons. The number of nitrogens with zero attached hydrogens (tertiary/aromatic N) is 1. The summed E-state index contributed by atoms with van der Waals surface area (Å²) in [4.78, 5) is 3.64. The Bertz CT molecular complexity index is 173. The number of methoxy groups -OCH3 is 1. The minimum absolute atomic E-state index is 0.231. The van der Waals surface area contributed by atoms with Crippen LogP contribution < -0.4 is 0 Å². The molecule has 0 aliphatic heterocycles. The molecule has 1 heterocycles. The molecule has 1 N–H and O–H groups in total. The van der Waals surface area contributed by atoms with Crippen LogP contribution in [-0.4, -0.2) is 23.8 Å². The monoisotopic (exact) mass is 143 g/mol. The summed E-state index contributed by atoms with van der Waals surface area (Å²) in [6.07, 6.45) is 2.03. The predicted octanol–water partition coefficient (Wildman–Crippen LogP) is 0.354. The number of rotatable bonds is 3. The molecule has 4 nitrogen and oxygen atoms in total. The van der Waals surface area contributed by atoms with Crippen molar-refractivity contribution in [3.05, 3.63) is 18.4 Å². The van der Waals surface area contributed by atoms with E-state index in [9.17, 15) is 0 Å². The highest BCUT2D eigenvalue weighted by Crippen LogP contribution is 2.10. The van der Waals surface area contributed by atoms with Crippen molar-refractivity contribution in [2.45, 2.75) is 6.10 Å². The molecule has 0 fully saturated rings. The maximum atomic E-state index is 9.15. The van der Waals surface area contributed by atoms with E-state index in [0.717, 1.165) is 0 Å². The summed E-state index contributed by atoms with van der Waals surface area (Å²) in [6.45, 7) is 0.231. The molecule has 1 rings (SSSR count). The van der Waals surface area contributed by atoms with E-state index in [1.807, 2.05) is 0 Å². The van der Waals surface area contributed by atoms with Crippen LogP contribution in [0, 0.1) is 0 Å². The highest BCUT2D eigenvalue weighted by molar-refractivity contribution is 4.92. The summed E-state index contributed by atoms with van der Waals surface area (Å²) in [6, 6.07) is 0. The van der Waals surface area contributed by atoms with Crippen molar-refractivity contribution in [3.63, 3.8) is 0 Å². The van der Waals surface area contributed by atoms with E-state index in [2.05, 4.69) is 9.72 Å². The molecule has 0 aromatic carbocycles. The van der Waals surface area contributed by atoms with Crippen molar-refractivity contribution in [1.82, 2.24) is 4.98 Å². The Hall–Kier alpha value is -0.870. The van der Waals surface area contributed by atoms with Gasteiger partial charge in [0.15, 0.2) is 12.2 Å². The van der Waals surface area contributed by atoms with E-state index in [1.165, 1.54) is 19.7 Å². The quantitative estimate of drug-likeness (QED) is 0.663. The molecule has 0 bridgehead atoms. The van der Waals surface area contributed by atoms with Gasteiger partial charge in [-0.1, -0.05) is 0 Å². The Balaban J connectivity index is 2.50. The van der Waals surface area contributed by atoms with Crippen LogP contribution in [0.5, 0.6) is 0 Å². The fraction of sp³-hybridized carbons (Fsp3) is 0.500. The second kappa shape index (κ2) is 3.34. The van der Waals surface area contributed by atoms with Gasteiger partial charge in [0.25, 0.3) is 0 Å². The first-order chi connectivity index (χ1) is 4.84. The van der Waals surface area contributed by atoms with Gasteiger partial charge in [0, 0.05) is 7.11 Å².